The summed E-state index contributed by atoms with van der Waals surface area (Å²) in [5, 5.41) is 6.98. The number of aliphatic imine (C=N–C) groups is 1. The molecule has 5 nitrogen and oxygen atoms in total. The van der Waals surface area contributed by atoms with Crippen LogP contribution in [-0.4, -0.2) is 39.2 Å². The van der Waals surface area contributed by atoms with Crippen molar-refractivity contribution in [2.24, 2.45) is 4.99 Å². The summed E-state index contributed by atoms with van der Waals surface area (Å²) in [6.07, 6.45) is 1.11. The molecule has 1 atom stereocenters. The average molecular weight is 367 g/mol. The standard InChI is InChI=1S/C22H30N4O/c1-17-7-9-21(10-8-17)26-12-11-20(15-26)25-22(23-2)24-14-18-5-4-6-19(13-18)16-27-3/h4-10,13,20H,11-12,14-16H2,1-3H3,(H2,23,24,25). The normalized spacial score (nSPS) is 17.2. The number of aryl methyl sites for hydroxylation is 1. The maximum atomic E-state index is 5.21. The van der Waals surface area contributed by atoms with Gasteiger partial charge in [-0.15, -0.1) is 0 Å². The van der Waals surface area contributed by atoms with Gasteiger partial charge < -0.3 is 20.3 Å². The molecule has 1 aliphatic rings. The average Bonchev–Trinajstić information content (AvgIpc) is 3.15. The Balaban J connectivity index is 1.50. The molecule has 1 fully saturated rings. The first kappa shape index (κ1) is 19.2. The molecular weight excluding hydrogens is 336 g/mol. The van der Waals surface area contributed by atoms with Crippen molar-refractivity contribution in [1.82, 2.24) is 10.6 Å². The molecule has 2 aromatic rings. The quantitative estimate of drug-likeness (QED) is 0.609. The molecule has 1 unspecified atom stereocenters. The minimum absolute atomic E-state index is 0.400. The van der Waals surface area contributed by atoms with Crippen LogP contribution in [0.1, 0.15) is 23.1 Å². The van der Waals surface area contributed by atoms with E-state index >= 15 is 0 Å². The molecule has 1 saturated heterocycles. The van der Waals surface area contributed by atoms with Gasteiger partial charge in [-0.3, -0.25) is 4.99 Å². The maximum absolute atomic E-state index is 5.21. The number of anilines is 1. The van der Waals surface area contributed by atoms with Gasteiger partial charge in [0, 0.05) is 45.5 Å². The van der Waals surface area contributed by atoms with Crippen molar-refractivity contribution in [1.29, 1.82) is 0 Å². The first-order valence-corrected chi connectivity index (χ1v) is 9.53. The topological polar surface area (TPSA) is 48.9 Å². The van der Waals surface area contributed by atoms with Gasteiger partial charge in [0.05, 0.1) is 6.61 Å². The summed E-state index contributed by atoms with van der Waals surface area (Å²) >= 11 is 0. The fraction of sp³-hybridized carbons (Fsp3) is 0.409. The molecule has 0 amide bonds. The Morgan fingerprint density at radius 2 is 1.96 bits per heavy atom. The molecule has 0 bridgehead atoms. The molecule has 2 aromatic carbocycles. The molecule has 1 aliphatic heterocycles. The van der Waals surface area contributed by atoms with Crippen LogP contribution in [0.15, 0.2) is 53.5 Å². The summed E-state index contributed by atoms with van der Waals surface area (Å²) < 4.78 is 5.21. The zero-order valence-electron chi connectivity index (χ0n) is 16.5. The van der Waals surface area contributed by atoms with E-state index in [1.807, 2.05) is 7.05 Å². The summed E-state index contributed by atoms with van der Waals surface area (Å²) in [6, 6.07) is 17.6. The van der Waals surface area contributed by atoms with Crippen molar-refractivity contribution >= 4 is 11.6 Å². The Bertz CT molecular complexity index is 757. The van der Waals surface area contributed by atoms with Gasteiger partial charge in [0.25, 0.3) is 0 Å². The van der Waals surface area contributed by atoms with E-state index in [0.717, 1.165) is 32.0 Å². The summed E-state index contributed by atoms with van der Waals surface area (Å²) in [6.45, 7) is 5.56. The lowest BCUT2D eigenvalue weighted by Crippen LogP contribution is -2.44. The van der Waals surface area contributed by atoms with Crippen molar-refractivity contribution in [2.45, 2.75) is 32.5 Å². The third kappa shape index (κ3) is 5.47. The molecule has 1 heterocycles. The fourth-order valence-electron chi connectivity index (χ4n) is 3.44. The lowest BCUT2D eigenvalue weighted by molar-refractivity contribution is 0.185. The van der Waals surface area contributed by atoms with E-state index in [0.29, 0.717) is 12.6 Å². The summed E-state index contributed by atoms with van der Waals surface area (Å²) in [4.78, 5) is 6.82. The van der Waals surface area contributed by atoms with Crippen molar-refractivity contribution in [3.05, 3.63) is 65.2 Å². The van der Waals surface area contributed by atoms with E-state index < -0.39 is 0 Å². The van der Waals surface area contributed by atoms with Crippen LogP contribution in [0.4, 0.5) is 5.69 Å². The number of ether oxygens (including phenoxy) is 1. The van der Waals surface area contributed by atoms with Crippen LogP contribution in [0.5, 0.6) is 0 Å². The molecule has 0 radical (unpaired) electrons. The van der Waals surface area contributed by atoms with Crippen molar-refractivity contribution < 1.29 is 4.74 Å². The number of rotatable bonds is 6. The second kappa shape index (κ2) is 9.42. The second-order valence-electron chi connectivity index (χ2n) is 7.09. The first-order chi connectivity index (χ1) is 13.2. The molecule has 0 spiro atoms. The zero-order chi connectivity index (χ0) is 19.1. The van der Waals surface area contributed by atoms with Crippen LogP contribution in [0, 0.1) is 6.92 Å². The van der Waals surface area contributed by atoms with E-state index in [4.69, 9.17) is 4.74 Å². The lowest BCUT2D eigenvalue weighted by atomic mass is 10.1. The Morgan fingerprint density at radius 3 is 2.70 bits per heavy atom. The number of guanidine groups is 1. The fourth-order valence-corrected chi connectivity index (χ4v) is 3.44. The van der Waals surface area contributed by atoms with Gasteiger partial charge in [0.15, 0.2) is 5.96 Å². The SMILES string of the molecule is CN=C(NCc1cccc(COC)c1)NC1CCN(c2ccc(C)cc2)C1. The van der Waals surface area contributed by atoms with Crippen molar-refractivity contribution in [2.75, 3.05) is 32.1 Å². The van der Waals surface area contributed by atoms with Gasteiger partial charge in [0.2, 0.25) is 0 Å². The summed E-state index contributed by atoms with van der Waals surface area (Å²) in [5.74, 6) is 0.850. The minimum atomic E-state index is 0.400. The number of nitrogens with zero attached hydrogens (tertiary/aromatic N) is 2. The number of hydrogen-bond acceptors (Lipinski definition) is 3. The van der Waals surface area contributed by atoms with Crippen LogP contribution in [0.3, 0.4) is 0 Å². The van der Waals surface area contributed by atoms with Gasteiger partial charge in [0.1, 0.15) is 0 Å². The molecule has 3 rings (SSSR count). The predicted octanol–water partition coefficient (Wildman–Crippen LogP) is 3.09. The van der Waals surface area contributed by atoms with E-state index in [-0.39, 0.29) is 0 Å². The largest absolute Gasteiger partial charge is 0.380 e. The third-order valence-electron chi connectivity index (χ3n) is 4.91. The van der Waals surface area contributed by atoms with E-state index in [1.165, 1.54) is 22.4 Å². The molecule has 2 N–H and O–H groups in total. The van der Waals surface area contributed by atoms with Crippen LogP contribution < -0.4 is 15.5 Å². The highest BCUT2D eigenvalue weighted by Gasteiger charge is 2.23. The summed E-state index contributed by atoms with van der Waals surface area (Å²) in [5.41, 5.74) is 5.00. The number of methoxy groups -OCH3 is 1. The van der Waals surface area contributed by atoms with Crippen molar-refractivity contribution in [3.8, 4) is 0 Å². The second-order valence-corrected chi connectivity index (χ2v) is 7.09. The number of hydrogen-bond donors (Lipinski definition) is 2. The van der Waals surface area contributed by atoms with Crippen LogP contribution >= 0.6 is 0 Å². The van der Waals surface area contributed by atoms with Gasteiger partial charge in [-0.1, -0.05) is 42.0 Å². The van der Waals surface area contributed by atoms with Gasteiger partial charge in [-0.25, -0.2) is 0 Å². The highest BCUT2D eigenvalue weighted by atomic mass is 16.5. The molecule has 27 heavy (non-hydrogen) atoms. The van der Waals surface area contributed by atoms with E-state index in [9.17, 15) is 0 Å². The van der Waals surface area contributed by atoms with Gasteiger partial charge in [-0.05, 0) is 36.6 Å². The molecule has 5 heteroatoms. The smallest absolute Gasteiger partial charge is 0.191 e. The minimum Gasteiger partial charge on any atom is -0.380 e. The molecule has 0 aliphatic carbocycles. The Kier molecular flexibility index (Phi) is 6.71. The first-order valence-electron chi connectivity index (χ1n) is 9.53. The van der Waals surface area contributed by atoms with E-state index in [1.54, 1.807) is 7.11 Å². The zero-order valence-corrected chi connectivity index (χ0v) is 16.5. The Labute approximate surface area is 162 Å². The predicted molar refractivity (Wildman–Crippen MR) is 112 cm³/mol. The Hall–Kier alpha value is -2.53. The van der Waals surface area contributed by atoms with Crippen LogP contribution in [0.2, 0.25) is 0 Å². The summed E-state index contributed by atoms with van der Waals surface area (Å²) in [7, 11) is 3.54. The van der Waals surface area contributed by atoms with Gasteiger partial charge >= 0.3 is 0 Å². The van der Waals surface area contributed by atoms with Crippen LogP contribution in [0.25, 0.3) is 0 Å². The number of nitrogens with one attached hydrogen (secondary N) is 2. The highest BCUT2D eigenvalue weighted by molar-refractivity contribution is 5.80. The molecule has 0 aromatic heterocycles. The van der Waals surface area contributed by atoms with Gasteiger partial charge in [-0.2, -0.15) is 0 Å². The van der Waals surface area contributed by atoms with Crippen LogP contribution in [-0.2, 0) is 17.9 Å². The molecular formula is C22H30N4O. The van der Waals surface area contributed by atoms with E-state index in [2.05, 4.69) is 76.0 Å². The third-order valence-corrected chi connectivity index (χ3v) is 4.91. The lowest BCUT2D eigenvalue weighted by Gasteiger charge is -2.20. The molecule has 144 valence electrons. The monoisotopic (exact) mass is 366 g/mol. The highest BCUT2D eigenvalue weighted by Crippen LogP contribution is 2.20. The molecule has 0 saturated carbocycles. The Morgan fingerprint density at radius 1 is 1.19 bits per heavy atom. The van der Waals surface area contributed by atoms with Crippen molar-refractivity contribution in [3.63, 3.8) is 0 Å². The maximum Gasteiger partial charge on any atom is 0.191 e. The number of benzene rings is 2.